The molecular formula is C18H21NO5S. The molecule has 6 nitrogen and oxygen atoms in total. The molecule has 0 aliphatic rings. The number of aryl methyl sites for hydroxylation is 3. The molecule has 0 saturated carbocycles. The number of carboxylic acid groups (broad SMARTS) is 1. The molecule has 134 valence electrons. The fourth-order valence-electron chi connectivity index (χ4n) is 2.55. The minimum absolute atomic E-state index is 0.0213. The highest BCUT2D eigenvalue weighted by atomic mass is 32.2. The quantitative estimate of drug-likeness (QED) is 0.853. The molecule has 2 rings (SSSR count). The Kier molecular flexibility index (Phi) is 5.37. The van der Waals surface area contributed by atoms with Crippen molar-refractivity contribution >= 4 is 21.7 Å². The number of aliphatic carboxylic acids is 1. The largest absolute Gasteiger partial charge is 0.496 e. The molecule has 0 fully saturated rings. The number of hydrogen-bond acceptors (Lipinski definition) is 4. The second kappa shape index (κ2) is 7.14. The lowest BCUT2D eigenvalue weighted by Crippen LogP contribution is -2.36. The van der Waals surface area contributed by atoms with Crippen LogP contribution in [0.5, 0.6) is 5.75 Å². The number of methoxy groups -OCH3 is 1. The van der Waals surface area contributed by atoms with E-state index in [9.17, 15) is 18.3 Å². The second-order valence-electron chi connectivity index (χ2n) is 5.83. The van der Waals surface area contributed by atoms with E-state index in [4.69, 9.17) is 4.74 Å². The molecule has 0 aromatic heterocycles. The van der Waals surface area contributed by atoms with Gasteiger partial charge in [-0.2, -0.15) is 0 Å². The molecule has 0 saturated heterocycles. The molecular weight excluding hydrogens is 342 g/mol. The molecule has 0 bridgehead atoms. The predicted molar refractivity (Wildman–Crippen MR) is 95.8 cm³/mol. The summed E-state index contributed by atoms with van der Waals surface area (Å²) in [5.74, 6) is -0.662. The highest BCUT2D eigenvalue weighted by Crippen LogP contribution is 2.29. The summed E-state index contributed by atoms with van der Waals surface area (Å²) in [6.45, 7) is 4.65. The molecule has 0 radical (unpaired) electrons. The first-order valence-electron chi connectivity index (χ1n) is 7.63. The van der Waals surface area contributed by atoms with Gasteiger partial charge in [-0.05, 0) is 61.7 Å². The minimum atomic E-state index is -4.04. The van der Waals surface area contributed by atoms with E-state index in [1.807, 2.05) is 13.0 Å². The lowest BCUT2D eigenvalue weighted by atomic mass is 10.1. The second-order valence-corrected chi connectivity index (χ2v) is 7.69. The van der Waals surface area contributed by atoms with E-state index in [1.165, 1.54) is 19.2 Å². The van der Waals surface area contributed by atoms with Gasteiger partial charge in [0.25, 0.3) is 10.0 Å². The van der Waals surface area contributed by atoms with Crippen LogP contribution in [0.2, 0.25) is 0 Å². The van der Waals surface area contributed by atoms with Gasteiger partial charge in [-0.15, -0.1) is 0 Å². The van der Waals surface area contributed by atoms with E-state index in [2.05, 4.69) is 0 Å². The van der Waals surface area contributed by atoms with Crippen molar-refractivity contribution in [2.75, 3.05) is 18.0 Å². The highest BCUT2D eigenvalue weighted by Gasteiger charge is 2.28. The Labute approximate surface area is 147 Å². The van der Waals surface area contributed by atoms with Crippen LogP contribution in [0.15, 0.2) is 41.3 Å². The lowest BCUT2D eigenvalue weighted by Gasteiger charge is -2.25. The zero-order chi connectivity index (χ0) is 18.8. The maximum atomic E-state index is 13.1. The van der Waals surface area contributed by atoms with Gasteiger partial charge in [0.05, 0.1) is 17.7 Å². The summed E-state index contributed by atoms with van der Waals surface area (Å²) in [4.78, 5) is 11.3. The zero-order valence-corrected chi connectivity index (χ0v) is 15.4. The number of carbonyl (C=O) groups is 1. The third kappa shape index (κ3) is 3.93. The van der Waals surface area contributed by atoms with E-state index in [1.54, 1.807) is 32.0 Å². The average Bonchev–Trinajstić information content (AvgIpc) is 2.54. The molecule has 0 unspecified atom stereocenters. The predicted octanol–water partition coefficient (Wildman–Crippen LogP) is 2.90. The van der Waals surface area contributed by atoms with Gasteiger partial charge in [0, 0.05) is 0 Å². The minimum Gasteiger partial charge on any atom is -0.496 e. The van der Waals surface area contributed by atoms with Crippen molar-refractivity contribution in [3.8, 4) is 5.75 Å². The van der Waals surface area contributed by atoms with Gasteiger partial charge >= 0.3 is 5.97 Å². The van der Waals surface area contributed by atoms with Crippen molar-refractivity contribution in [1.29, 1.82) is 0 Å². The van der Waals surface area contributed by atoms with E-state index in [0.29, 0.717) is 22.6 Å². The lowest BCUT2D eigenvalue weighted by molar-refractivity contribution is -0.135. The van der Waals surface area contributed by atoms with Gasteiger partial charge in [0.15, 0.2) is 0 Å². The zero-order valence-electron chi connectivity index (χ0n) is 14.6. The molecule has 25 heavy (non-hydrogen) atoms. The summed E-state index contributed by atoms with van der Waals surface area (Å²) in [5.41, 5.74) is 2.54. The number of sulfonamides is 1. The van der Waals surface area contributed by atoms with Crippen LogP contribution in [0.4, 0.5) is 5.69 Å². The van der Waals surface area contributed by atoms with Crippen LogP contribution >= 0.6 is 0 Å². The number of ether oxygens (including phenoxy) is 1. The molecule has 0 atom stereocenters. The molecule has 0 aliphatic heterocycles. The van der Waals surface area contributed by atoms with Crippen molar-refractivity contribution in [2.45, 2.75) is 25.7 Å². The van der Waals surface area contributed by atoms with Crippen LogP contribution in [0.3, 0.4) is 0 Å². The third-order valence-electron chi connectivity index (χ3n) is 3.87. The fourth-order valence-corrected chi connectivity index (χ4v) is 4.11. The maximum absolute atomic E-state index is 13.1. The molecule has 2 aromatic carbocycles. The van der Waals surface area contributed by atoms with Gasteiger partial charge < -0.3 is 9.84 Å². The summed E-state index contributed by atoms with van der Waals surface area (Å²) in [5, 5.41) is 9.23. The smallest absolute Gasteiger partial charge is 0.324 e. The van der Waals surface area contributed by atoms with Crippen molar-refractivity contribution in [2.24, 2.45) is 0 Å². The number of carboxylic acids is 1. The normalized spacial score (nSPS) is 11.2. The molecule has 2 aromatic rings. The van der Waals surface area contributed by atoms with Gasteiger partial charge in [-0.25, -0.2) is 8.42 Å². The topological polar surface area (TPSA) is 83.9 Å². The Morgan fingerprint density at radius 1 is 1.08 bits per heavy atom. The van der Waals surface area contributed by atoms with Crippen LogP contribution in [0, 0.1) is 20.8 Å². The van der Waals surface area contributed by atoms with Crippen LogP contribution in [-0.2, 0) is 14.8 Å². The maximum Gasteiger partial charge on any atom is 0.324 e. The summed E-state index contributed by atoms with van der Waals surface area (Å²) < 4.78 is 32.3. The van der Waals surface area contributed by atoms with Crippen molar-refractivity contribution in [3.63, 3.8) is 0 Å². The first-order chi connectivity index (χ1) is 11.7. The Morgan fingerprint density at radius 3 is 2.32 bits per heavy atom. The number of benzene rings is 2. The first kappa shape index (κ1) is 18.8. The van der Waals surface area contributed by atoms with Gasteiger partial charge in [-0.1, -0.05) is 12.1 Å². The first-order valence-corrected chi connectivity index (χ1v) is 9.07. The highest BCUT2D eigenvalue weighted by molar-refractivity contribution is 7.92. The van der Waals surface area contributed by atoms with E-state index < -0.39 is 22.5 Å². The van der Waals surface area contributed by atoms with E-state index >= 15 is 0 Å². The summed E-state index contributed by atoms with van der Waals surface area (Å²) >= 11 is 0. The summed E-state index contributed by atoms with van der Waals surface area (Å²) in [6.07, 6.45) is 0. The van der Waals surface area contributed by atoms with Crippen LogP contribution in [0.25, 0.3) is 0 Å². The summed E-state index contributed by atoms with van der Waals surface area (Å²) in [7, 11) is -2.54. The standard InChI is InChI=1S/C18H21NO5S/c1-12-5-6-13(2)16(9-12)19(11-18(20)21)25(22,23)15-7-8-17(24-4)14(3)10-15/h5-10H,11H2,1-4H3,(H,20,21). The van der Waals surface area contributed by atoms with Crippen LogP contribution < -0.4 is 9.04 Å². The Morgan fingerprint density at radius 2 is 1.76 bits per heavy atom. The van der Waals surface area contributed by atoms with Crippen molar-refractivity contribution in [1.82, 2.24) is 0 Å². The SMILES string of the molecule is COc1ccc(S(=O)(=O)N(CC(=O)O)c2cc(C)ccc2C)cc1C. The Hall–Kier alpha value is -2.54. The van der Waals surface area contributed by atoms with Crippen LogP contribution in [0.1, 0.15) is 16.7 Å². The molecule has 0 heterocycles. The van der Waals surface area contributed by atoms with Crippen LogP contribution in [-0.4, -0.2) is 33.1 Å². The molecule has 1 N–H and O–H groups in total. The van der Waals surface area contributed by atoms with Crippen molar-refractivity contribution in [3.05, 3.63) is 53.1 Å². The molecule has 0 amide bonds. The van der Waals surface area contributed by atoms with Gasteiger partial charge in [-0.3, -0.25) is 9.10 Å². The van der Waals surface area contributed by atoms with Crippen molar-refractivity contribution < 1.29 is 23.1 Å². The third-order valence-corrected chi connectivity index (χ3v) is 5.62. The molecule has 0 spiro atoms. The number of nitrogens with zero attached hydrogens (tertiary/aromatic N) is 1. The Bertz CT molecular complexity index is 906. The average molecular weight is 363 g/mol. The number of hydrogen-bond donors (Lipinski definition) is 1. The Balaban J connectivity index is 2.62. The monoisotopic (exact) mass is 363 g/mol. The van der Waals surface area contributed by atoms with Gasteiger partial charge in [0.2, 0.25) is 0 Å². The number of rotatable bonds is 6. The molecule has 7 heteroatoms. The molecule has 0 aliphatic carbocycles. The van der Waals surface area contributed by atoms with Gasteiger partial charge in [0.1, 0.15) is 12.3 Å². The number of anilines is 1. The summed E-state index contributed by atoms with van der Waals surface area (Å²) in [6, 6.07) is 9.75. The van der Waals surface area contributed by atoms with E-state index in [-0.39, 0.29) is 4.90 Å². The van der Waals surface area contributed by atoms with E-state index in [0.717, 1.165) is 9.87 Å². The fraction of sp³-hybridized carbons (Fsp3) is 0.278.